The zero-order valence-corrected chi connectivity index (χ0v) is 10.6. The molecule has 3 nitrogen and oxygen atoms in total. The van der Waals surface area contributed by atoms with Gasteiger partial charge in [-0.1, -0.05) is 6.92 Å². The summed E-state index contributed by atoms with van der Waals surface area (Å²) in [6.45, 7) is 6.37. The van der Waals surface area contributed by atoms with Gasteiger partial charge < -0.3 is 11.1 Å². The van der Waals surface area contributed by atoms with E-state index in [1.165, 1.54) is 0 Å². The summed E-state index contributed by atoms with van der Waals surface area (Å²) < 4.78 is 0. The summed E-state index contributed by atoms with van der Waals surface area (Å²) in [6, 6.07) is 8.36. The molecule has 0 fully saturated rings. The Hall–Kier alpha value is -1.77. The van der Waals surface area contributed by atoms with E-state index in [0.717, 1.165) is 34.4 Å². The van der Waals surface area contributed by atoms with Crippen molar-refractivity contribution >= 4 is 22.3 Å². The van der Waals surface area contributed by atoms with Gasteiger partial charge in [-0.25, -0.2) is 0 Å². The molecule has 3 N–H and O–H groups in total. The fourth-order valence-electron chi connectivity index (χ4n) is 1.91. The van der Waals surface area contributed by atoms with Crippen LogP contribution < -0.4 is 11.1 Å². The van der Waals surface area contributed by atoms with Crippen molar-refractivity contribution in [2.75, 3.05) is 11.1 Å². The molecule has 0 saturated heterocycles. The second-order valence-electron chi connectivity index (χ2n) is 4.59. The van der Waals surface area contributed by atoms with E-state index < -0.39 is 0 Å². The number of anilines is 2. The number of nitrogens with zero attached hydrogens (tertiary/aromatic N) is 1. The van der Waals surface area contributed by atoms with Gasteiger partial charge in [-0.2, -0.15) is 0 Å². The molecular formula is C14H19N3. The summed E-state index contributed by atoms with van der Waals surface area (Å²) in [5.74, 6) is 0. The molecule has 0 aliphatic carbocycles. The number of rotatable bonds is 3. The average molecular weight is 229 g/mol. The number of nitrogen functional groups attached to an aromatic ring is 1. The number of pyridine rings is 1. The minimum absolute atomic E-state index is 0.395. The van der Waals surface area contributed by atoms with E-state index in [9.17, 15) is 0 Å². The van der Waals surface area contributed by atoms with Crippen LogP contribution in [0.3, 0.4) is 0 Å². The molecule has 0 bridgehead atoms. The lowest BCUT2D eigenvalue weighted by Crippen LogP contribution is -2.10. The number of fused-ring (bicyclic) bond motifs is 1. The van der Waals surface area contributed by atoms with E-state index in [4.69, 9.17) is 5.73 Å². The molecule has 0 aliphatic rings. The van der Waals surface area contributed by atoms with Crippen LogP contribution in [0.2, 0.25) is 0 Å². The maximum atomic E-state index is 5.84. The Bertz CT molecular complexity index is 532. The summed E-state index contributed by atoms with van der Waals surface area (Å²) >= 11 is 0. The highest BCUT2D eigenvalue weighted by atomic mass is 14.9. The lowest BCUT2D eigenvalue weighted by Gasteiger charge is -2.14. The van der Waals surface area contributed by atoms with Crippen LogP contribution in [-0.2, 0) is 6.42 Å². The Morgan fingerprint density at radius 3 is 2.71 bits per heavy atom. The van der Waals surface area contributed by atoms with Crippen LogP contribution in [0, 0.1) is 0 Å². The Kier molecular flexibility index (Phi) is 3.18. The lowest BCUT2D eigenvalue weighted by atomic mass is 10.1. The van der Waals surface area contributed by atoms with Gasteiger partial charge in [-0.15, -0.1) is 0 Å². The predicted octanol–water partition coefficient (Wildman–Crippen LogP) is 3.20. The van der Waals surface area contributed by atoms with E-state index in [-0.39, 0.29) is 0 Å². The number of aromatic nitrogens is 1. The summed E-state index contributed by atoms with van der Waals surface area (Å²) in [5, 5.41) is 4.55. The van der Waals surface area contributed by atoms with Gasteiger partial charge in [0.2, 0.25) is 0 Å². The summed E-state index contributed by atoms with van der Waals surface area (Å²) in [5.41, 5.74) is 9.84. The molecule has 1 heterocycles. The lowest BCUT2D eigenvalue weighted by molar-refractivity contribution is 0.899. The summed E-state index contributed by atoms with van der Waals surface area (Å²) in [7, 11) is 0. The molecule has 0 spiro atoms. The predicted molar refractivity (Wildman–Crippen MR) is 74.3 cm³/mol. The molecule has 1 aromatic heterocycles. The van der Waals surface area contributed by atoms with Gasteiger partial charge in [0.15, 0.2) is 0 Å². The van der Waals surface area contributed by atoms with E-state index in [2.05, 4.69) is 37.1 Å². The van der Waals surface area contributed by atoms with E-state index in [0.29, 0.717) is 6.04 Å². The number of aryl methyl sites for hydroxylation is 1. The first-order valence-electron chi connectivity index (χ1n) is 6.06. The quantitative estimate of drug-likeness (QED) is 0.795. The number of hydrogen-bond donors (Lipinski definition) is 2. The van der Waals surface area contributed by atoms with Crippen molar-refractivity contribution in [3.8, 4) is 0 Å². The topological polar surface area (TPSA) is 50.9 Å². The zero-order chi connectivity index (χ0) is 12.4. The standard InChI is InChI=1S/C14H19N3/c1-4-11-8-14(16-9(2)3)12-7-10(15)5-6-13(12)17-11/h5-9H,4,15H2,1-3H3,(H,16,17). The molecule has 2 rings (SSSR count). The number of benzene rings is 1. The summed E-state index contributed by atoms with van der Waals surface area (Å²) in [4.78, 5) is 4.61. The Morgan fingerprint density at radius 2 is 2.06 bits per heavy atom. The Balaban J connectivity index is 2.63. The maximum absolute atomic E-state index is 5.84. The largest absolute Gasteiger partial charge is 0.399 e. The molecule has 2 aromatic rings. The number of hydrogen-bond acceptors (Lipinski definition) is 3. The normalized spacial score (nSPS) is 11.1. The van der Waals surface area contributed by atoms with Crippen LogP contribution in [0.15, 0.2) is 24.3 Å². The fourth-order valence-corrected chi connectivity index (χ4v) is 1.91. The van der Waals surface area contributed by atoms with Gasteiger partial charge in [0.05, 0.1) is 5.52 Å². The minimum Gasteiger partial charge on any atom is -0.399 e. The zero-order valence-electron chi connectivity index (χ0n) is 10.6. The molecule has 0 radical (unpaired) electrons. The van der Waals surface area contributed by atoms with Gasteiger partial charge in [0.25, 0.3) is 0 Å². The van der Waals surface area contributed by atoms with Gasteiger partial charge in [-0.3, -0.25) is 4.98 Å². The highest BCUT2D eigenvalue weighted by molar-refractivity contribution is 5.93. The van der Waals surface area contributed by atoms with E-state index in [1.54, 1.807) is 0 Å². The van der Waals surface area contributed by atoms with Crippen molar-refractivity contribution in [2.45, 2.75) is 33.2 Å². The third kappa shape index (κ3) is 2.49. The minimum atomic E-state index is 0.395. The van der Waals surface area contributed by atoms with Gasteiger partial charge in [0.1, 0.15) is 0 Å². The van der Waals surface area contributed by atoms with Crippen molar-refractivity contribution in [1.82, 2.24) is 4.98 Å². The molecule has 17 heavy (non-hydrogen) atoms. The average Bonchev–Trinajstić information content (AvgIpc) is 2.28. The molecule has 0 amide bonds. The summed E-state index contributed by atoms with van der Waals surface area (Å²) in [6.07, 6.45) is 0.938. The molecule has 0 aliphatic heterocycles. The first-order valence-corrected chi connectivity index (χ1v) is 6.06. The Labute approximate surface area is 102 Å². The fraction of sp³-hybridized carbons (Fsp3) is 0.357. The van der Waals surface area contributed by atoms with E-state index in [1.807, 2.05) is 18.2 Å². The molecule has 1 aromatic carbocycles. The first kappa shape index (κ1) is 11.7. The monoisotopic (exact) mass is 229 g/mol. The van der Waals surface area contributed by atoms with Crippen LogP contribution in [-0.4, -0.2) is 11.0 Å². The van der Waals surface area contributed by atoms with Crippen molar-refractivity contribution in [3.05, 3.63) is 30.0 Å². The second-order valence-corrected chi connectivity index (χ2v) is 4.59. The third-order valence-corrected chi connectivity index (χ3v) is 2.69. The van der Waals surface area contributed by atoms with Crippen LogP contribution in [0.1, 0.15) is 26.5 Å². The van der Waals surface area contributed by atoms with Crippen molar-refractivity contribution in [1.29, 1.82) is 0 Å². The number of nitrogens with two attached hydrogens (primary N) is 1. The highest BCUT2D eigenvalue weighted by Crippen LogP contribution is 2.26. The van der Waals surface area contributed by atoms with Gasteiger partial charge in [-0.05, 0) is 44.5 Å². The van der Waals surface area contributed by atoms with Crippen LogP contribution in [0.4, 0.5) is 11.4 Å². The van der Waals surface area contributed by atoms with Crippen LogP contribution in [0.5, 0.6) is 0 Å². The van der Waals surface area contributed by atoms with Crippen molar-refractivity contribution in [3.63, 3.8) is 0 Å². The van der Waals surface area contributed by atoms with Crippen LogP contribution in [0.25, 0.3) is 10.9 Å². The molecule has 3 heteroatoms. The van der Waals surface area contributed by atoms with Crippen molar-refractivity contribution in [2.24, 2.45) is 0 Å². The van der Waals surface area contributed by atoms with Gasteiger partial charge in [0, 0.05) is 28.5 Å². The van der Waals surface area contributed by atoms with Crippen molar-refractivity contribution < 1.29 is 0 Å². The number of nitrogens with one attached hydrogen (secondary N) is 1. The Morgan fingerprint density at radius 1 is 1.29 bits per heavy atom. The smallest absolute Gasteiger partial charge is 0.0727 e. The molecule has 90 valence electrons. The highest BCUT2D eigenvalue weighted by Gasteiger charge is 2.06. The van der Waals surface area contributed by atoms with Crippen LogP contribution >= 0.6 is 0 Å². The SMILES string of the molecule is CCc1cc(NC(C)C)c2cc(N)ccc2n1. The molecule has 0 unspecified atom stereocenters. The van der Waals surface area contributed by atoms with E-state index >= 15 is 0 Å². The molecular weight excluding hydrogens is 210 g/mol. The molecule has 0 atom stereocenters. The first-order chi connectivity index (χ1) is 8.10. The van der Waals surface area contributed by atoms with Gasteiger partial charge >= 0.3 is 0 Å². The maximum Gasteiger partial charge on any atom is 0.0727 e. The third-order valence-electron chi connectivity index (χ3n) is 2.69. The molecule has 0 saturated carbocycles. The second kappa shape index (κ2) is 4.62.